The van der Waals surface area contributed by atoms with Crippen molar-refractivity contribution >= 4 is 33.4 Å². The molecule has 1 heterocycles. The fourth-order valence-corrected chi connectivity index (χ4v) is 3.17. The smallest absolute Gasteiger partial charge is 0.253 e. The standard InChI is InChI=1S/C14H15BrClNO/c15-11-9-10(1-2-12(11)16)13(18)17-7-5-14(3-4-14)6-8-17/h1-2,9H,3-8H2. The molecule has 18 heavy (non-hydrogen) atoms. The van der Waals surface area contributed by atoms with E-state index >= 15 is 0 Å². The first kappa shape index (κ1) is 12.5. The number of amides is 1. The van der Waals surface area contributed by atoms with Gasteiger partial charge in [-0.2, -0.15) is 0 Å². The predicted octanol–water partition coefficient (Wildman–Crippen LogP) is 4.12. The van der Waals surface area contributed by atoms with Crippen molar-refractivity contribution in [1.82, 2.24) is 4.90 Å². The highest BCUT2D eigenvalue weighted by Gasteiger charge is 2.45. The van der Waals surface area contributed by atoms with Gasteiger partial charge < -0.3 is 4.90 Å². The van der Waals surface area contributed by atoms with Gasteiger partial charge in [-0.15, -0.1) is 0 Å². The molecular formula is C14H15BrClNO. The molecule has 2 aliphatic rings. The summed E-state index contributed by atoms with van der Waals surface area (Å²) in [6.45, 7) is 1.80. The number of halogens is 2. The highest BCUT2D eigenvalue weighted by molar-refractivity contribution is 9.10. The fraction of sp³-hybridized carbons (Fsp3) is 0.500. The van der Waals surface area contributed by atoms with Crippen LogP contribution in [0.5, 0.6) is 0 Å². The van der Waals surface area contributed by atoms with Gasteiger partial charge in [-0.25, -0.2) is 0 Å². The monoisotopic (exact) mass is 327 g/mol. The van der Waals surface area contributed by atoms with Crippen molar-refractivity contribution in [2.24, 2.45) is 5.41 Å². The van der Waals surface area contributed by atoms with E-state index in [0.29, 0.717) is 10.4 Å². The second-order valence-corrected chi connectivity index (χ2v) is 6.68. The minimum absolute atomic E-state index is 0.128. The van der Waals surface area contributed by atoms with Crippen LogP contribution in [-0.4, -0.2) is 23.9 Å². The van der Waals surface area contributed by atoms with Crippen molar-refractivity contribution in [3.63, 3.8) is 0 Å². The molecule has 0 radical (unpaired) electrons. The SMILES string of the molecule is O=C(c1ccc(Cl)c(Br)c1)N1CCC2(CC1)CC2. The van der Waals surface area contributed by atoms with Crippen molar-refractivity contribution in [3.05, 3.63) is 33.3 Å². The molecule has 0 N–H and O–H groups in total. The largest absolute Gasteiger partial charge is 0.339 e. The maximum absolute atomic E-state index is 12.4. The number of carbonyl (C=O) groups excluding carboxylic acids is 1. The van der Waals surface area contributed by atoms with Gasteiger partial charge in [0, 0.05) is 23.1 Å². The van der Waals surface area contributed by atoms with Gasteiger partial charge in [0.15, 0.2) is 0 Å². The average Bonchev–Trinajstić information content (AvgIpc) is 3.12. The minimum Gasteiger partial charge on any atom is -0.339 e. The molecule has 1 saturated heterocycles. The van der Waals surface area contributed by atoms with Crippen molar-refractivity contribution in [1.29, 1.82) is 0 Å². The van der Waals surface area contributed by atoms with Gasteiger partial charge in [0.25, 0.3) is 5.91 Å². The number of hydrogen-bond acceptors (Lipinski definition) is 1. The zero-order chi connectivity index (χ0) is 12.8. The molecule has 0 atom stereocenters. The summed E-state index contributed by atoms with van der Waals surface area (Å²) >= 11 is 9.31. The first-order valence-electron chi connectivity index (χ1n) is 6.34. The maximum atomic E-state index is 12.4. The third-order valence-corrected chi connectivity index (χ3v) is 5.45. The highest BCUT2D eigenvalue weighted by Crippen LogP contribution is 2.53. The van der Waals surface area contributed by atoms with Crippen LogP contribution < -0.4 is 0 Å². The molecule has 0 unspecified atom stereocenters. The van der Waals surface area contributed by atoms with Gasteiger partial charge in [0.1, 0.15) is 0 Å². The summed E-state index contributed by atoms with van der Waals surface area (Å²) in [4.78, 5) is 14.3. The molecule has 1 aromatic rings. The van der Waals surface area contributed by atoms with Gasteiger partial charge in [0.05, 0.1) is 5.02 Å². The van der Waals surface area contributed by atoms with E-state index in [-0.39, 0.29) is 5.91 Å². The first-order chi connectivity index (χ1) is 8.60. The van der Waals surface area contributed by atoms with Gasteiger partial charge in [-0.1, -0.05) is 11.6 Å². The molecule has 96 valence electrons. The third kappa shape index (κ3) is 2.30. The predicted molar refractivity (Wildman–Crippen MR) is 76.0 cm³/mol. The summed E-state index contributed by atoms with van der Waals surface area (Å²) in [6.07, 6.45) is 5.07. The van der Waals surface area contributed by atoms with Crippen LogP contribution in [0.25, 0.3) is 0 Å². The summed E-state index contributed by atoms with van der Waals surface area (Å²) in [5, 5.41) is 0.641. The Bertz CT molecular complexity index is 489. The van der Waals surface area contributed by atoms with Crippen molar-refractivity contribution in [3.8, 4) is 0 Å². The van der Waals surface area contributed by atoms with Crippen LogP contribution in [0.15, 0.2) is 22.7 Å². The molecule has 0 bridgehead atoms. The normalized spacial score (nSPS) is 21.1. The van der Waals surface area contributed by atoms with Gasteiger partial charge in [-0.3, -0.25) is 4.79 Å². The van der Waals surface area contributed by atoms with Crippen LogP contribution >= 0.6 is 27.5 Å². The van der Waals surface area contributed by atoms with Crippen LogP contribution in [0.4, 0.5) is 0 Å². The minimum atomic E-state index is 0.128. The second kappa shape index (κ2) is 4.53. The van der Waals surface area contributed by atoms with Crippen LogP contribution in [0.3, 0.4) is 0 Å². The van der Waals surface area contributed by atoms with E-state index in [1.807, 2.05) is 11.0 Å². The van der Waals surface area contributed by atoms with E-state index in [2.05, 4.69) is 15.9 Å². The van der Waals surface area contributed by atoms with E-state index in [1.165, 1.54) is 25.7 Å². The molecule has 3 rings (SSSR count). The Balaban J connectivity index is 1.72. The lowest BCUT2D eigenvalue weighted by Gasteiger charge is -2.32. The van der Waals surface area contributed by atoms with Gasteiger partial charge in [-0.05, 0) is 65.2 Å². The van der Waals surface area contributed by atoms with E-state index < -0.39 is 0 Å². The summed E-state index contributed by atoms with van der Waals surface area (Å²) < 4.78 is 0.783. The Morgan fingerprint density at radius 1 is 1.22 bits per heavy atom. The number of benzene rings is 1. The van der Waals surface area contributed by atoms with E-state index in [9.17, 15) is 4.79 Å². The molecule has 1 saturated carbocycles. The molecule has 1 spiro atoms. The third-order valence-electron chi connectivity index (χ3n) is 4.23. The van der Waals surface area contributed by atoms with Crippen molar-refractivity contribution < 1.29 is 4.79 Å². The van der Waals surface area contributed by atoms with Gasteiger partial charge >= 0.3 is 0 Å². The van der Waals surface area contributed by atoms with Crippen LogP contribution in [0.1, 0.15) is 36.0 Å². The topological polar surface area (TPSA) is 20.3 Å². The van der Waals surface area contributed by atoms with Crippen LogP contribution in [0.2, 0.25) is 5.02 Å². The number of hydrogen-bond donors (Lipinski definition) is 0. The van der Waals surface area contributed by atoms with E-state index in [4.69, 9.17) is 11.6 Å². The molecule has 1 aliphatic heterocycles. The summed E-state index contributed by atoms with van der Waals surface area (Å²) in [7, 11) is 0. The molecule has 2 fully saturated rings. The molecular weight excluding hydrogens is 314 g/mol. The zero-order valence-electron chi connectivity index (χ0n) is 10.1. The van der Waals surface area contributed by atoms with E-state index in [0.717, 1.165) is 23.1 Å². The Labute approximate surface area is 120 Å². The fourth-order valence-electron chi connectivity index (χ4n) is 2.67. The molecule has 1 aromatic carbocycles. The van der Waals surface area contributed by atoms with Crippen LogP contribution in [0, 0.1) is 5.41 Å². The maximum Gasteiger partial charge on any atom is 0.253 e. The summed E-state index contributed by atoms with van der Waals surface area (Å²) in [5.41, 5.74) is 1.33. The number of nitrogens with zero attached hydrogens (tertiary/aromatic N) is 1. The molecule has 1 amide bonds. The molecule has 4 heteroatoms. The van der Waals surface area contributed by atoms with Crippen molar-refractivity contribution in [2.75, 3.05) is 13.1 Å². The average molecular weight is 329 g/mol. The highest BCUT2D eigenvalue weighted by atomic mass is 79.9. The number of rotatable bonds is 1. The zero-order valence-corrected chi connectivity index (χ0v) is 12.4. The lowest BCUT2D eigenvalue weighted by atomic mass is 9.93. The van der Waals surface area contributed by atoms with Crippen molar-refractivity contribution in [2.45, 2.75) is 25.7 Å². The number of piperidine rings is 1. The lowest BCUT2D eigenvalue weighted by molar-refractivity contribution is 0.0678. The summed E-state index contributed by atoms with van der Waals surface area (Å²) in [6, 6.07) is 5.38. The summed E-state index contributed by atoms with van der Waals surface area (Å²) in [5.74, 6) is 0.128. The first-order valence-corrected chi connectivity index (χ1v) is 7.51. The Morgan fingerprint density at radius 3 is 2.44 bits per heavy atom. The number of carbonyl (C=O) groups is 1. The Kier molecular flexibility index (Phi) is 3.15. The molecule has 2 nitrogen and oxygen atoms in total. The quantitative estimate of drug-likeness (QED) is 0.759. The van der Waals surface area contributed by atoms with Crippen LogP contribution in [-0.2, 0) is 0 Å². The Hall–Kier alpha value is -0.540. The second-order valence-electron chi connectivity index (χ2n) is 5.42. The lowest BCUT2D eigenvalue weighted by Crippen LogP contribution is -2.39. The number of likely N-dealkylation sites (tertiary alicyclic amines) is 1. The van der Waals surface area contributed by atoms with E-state index in [1.54, 1.807) is 12.1 Å². The van der Waals surface area contributed by atoms with Gasteiger partial charge in [0.2, 0.25) is 0 Å². The molecule has 0 aromatic heterocycles. The Morgan fingerprint density at radius 2 is 1.89 bits per heavy atom. The molecule has 1 aliphatic carbocycles.